The van der Waals surface area contributed by atoms with Crippen LogP contribution in [0, 0.1) is 6.92 Å². The molecule has 0 spiro atoms. The number of amides is 1. The van der Waals surface area contributed by atoms with E-state index >= 15 is 0 Å². The molecule has 4 aromatic rings. The first-order valence-corrected chi connectivity index (χ1v) is 12.2. The van der Waals surface area contributed by atoms with Gasteiger partial charge in [-0.1, -0.05) is 84.1 Å². The molecule has 1 N–H and O–H groups in total. The highest BCUT2D eigenvalue weighted by Crippen LogP contribution is 2.28. The highest BCUT2D eigenvalue weighted by Gasteiger charge is 2.23. The van der Waals surface area contributed by atoms with Crippen molar-refractivity contribution < 1.29 is 4.79 Å². The number of nitrogens with one attached hydrogen (secondary N) is 1. The number of rotatable bonds is 8. The van der Waals surface area contributed by atoms with E-state index in [4.69, 9.17) is 0 Å². The average Bonchev–Trinajstić information content (AvgIpc) is 3.58. The van der Waals surface area contributed by atoms with Crippen LogP contribution in [0.4, 0.5) is 0 Å². The fraction of sp³-hybridized carbons (Fsp3) is 0.222. The van der Waals surface area contributed by atoms with Gasteiger partial charge in [-0.15, -0.1) is 10.2 Å². The summed E-state index contributed by atoms with van der Waals surface area (Å²) in [6, 6.07) is 27.0. The lowest BCUT2D eigenvalue weighted by Gasteiger charge is -2.11. The van der Waals surface area contributed by atoms with Crippen molar-refractivity contribution >= 4 is 17.7 Å². The summed E-state index contributed by atoms with van der Waals surface area (Å²) in [5.41, 5.74) is 5.34. The number of carbonyl (C=O) groups excluding carboxylic acids is 1. The molecule has 33 heavy (non-hydrogen) atoms. The Labute approximate surface area is 198 Å². The molecule has 0 aliphatic heterocycles. The summed E-state index contributed by atoms with van der Waals surface area (Å²) in [4.78, 5) is 12.2. The summed E-state index contributed by atoms with van der Waals surface area (Å²) in [5, 5.41) is 13.0. The Morgan fingerprint density at radius 3 is 2.36 bits per heavy atom. The van der Waals surface area contributed by atoms with E-state index in [0.29, 0.717) is 18.2 Å². The lowest BCUT2D eigenvalue weighted by atomic mass is 10.1. The summed E-state index contributed by atoms with van der Waals surface area (Å²) < 4.78 is 2.18. The molecule has 1 aliphatic carbocycles. The summed E-state index contributed by atoms with van der Waals surface area (Å²) in [6.45, 7) is 2.79. The first-order valence-electron chi connectivity index (χ1n) is 11.2. The van der Waals surface area contributed by atoms with Crippen molar-refractivity contribution in [2.24, 2.45) is 0 Å². The Kier molecular flexibility index (Phi) is 6.26. The molecule has 1 amide bonds. The van der Waals surface area contributed by atoms with Gasteiger partial charge in [-0.25, -0.2) is 0 Å². The number of aromatic nitrogens is 3. The van der Waals surface area contributed by atoms with E-state index in [0.717, 1.165) is 40.7 Å². The summed E-state index contributed by atoms with van der Waals surface area (Å²) in [5.74, 6) is 1.64. The zero-order chi connectivity index (χ0) is 22.6. The monoisotopic (exact) mass is 454 g/mol. The second-order valence-corrected chi connectivity index (χ2v) is 9.42. The first-order chi connectivity index (χ1) is 16.2. The fourth-order valence-corrected chi connectivity index (χ4v) is 4.51. The topological polar surface area (TPSA) is 59.8 Å². The van der Waals surface area contributed by atoms with Gasteiger partial charge < -0.3 is 5.32 Å². The van der Waals surface area contributed by atoms with Crippen LogP contribution in [0.3, 0.4) is 0 Å². The Morgan fingerprint density at radius 1 is 0.939 bits per heavy atom. The summed E-state index contributed by atoms with van der Waals surface area (Å²) in [7, 11) is 0. The van der Waals surface area contributed by atoms with Crippen molar-refractivity contribution in [3.05, 3.63) is 101 Å². The van der Waals surface area contributed by atoms with Crippen LogP contribution >= 0.6 is 11.8 Å². The van der Waals surface area contributed by atoms with Gasteiger partial charge in [0.15, 0.2) is 11.0 Å². The molecule has 5 rings (SSSR count). The molecule has 166 valence electrons. The van der Waals surface area contributed by atoms with Gasteiger partial charge in [-0.3, -0.25) is 9.36 Å². The zero-order valence-electron chi connectivity index (χ0n) is 18.6. The molecule has 0 atom stereocenters. The lowest BCUT2D eigenvalue weighted by Crippen LogP contribution is -2.25. The number of carbonyl (C=O) groups is 1. The third-order valence-corrected chi connectivity index (χ3v) is 6.74. The van der Waals surface area contributed by atoms with Gasteiger partial charge >= 0.3 is 0 Å². The van der Waals surface area contributed by atoms with Gasteiger partial charge in [0.05, 0.1) is 6.54 Å². The van der Waals surface area contributed by atoms with E-state index < -0.39 is 0 Å². The number of nitrogens with zero attached hydrogens (tertiary/aromatic N) is 3. The van der Waals surface area contributed by atoms with Gasteiger partial charge in [0.2, 0.25) is 0 Å². The minimum atomic E-state index is 0.0158. The highest BCUT2D eigenvalue weighted by atomic mass is 32.2. The number of hydrogen-bond donors (Lipinski definition) is 1. The summed E-state index contributed by atoms with van der Waals surface area (Å²) in [6.07, 6.45) is 2.18. The van der Waals surface area contributed by atoms with Crippen molar-refractivity contribution in [1.82, 2.24) is 20.1 Å². The molecule has 1 aromatic heterocycles. The highest BCUT2D eigenvalue weighted by molar-refractivity contribution is 7.98. The molecule has 6 heteroatoms. The van der Waals surface area contributed by atoms with Crippen molar-refractivity contribution in [3.8, 4) is 11.4 Å². The van der Waals surface area contributed by atoms with Crippen LogP contribution in [-0.4, -0.2) is 26.7 Å². The SMILES string of the molecule is Cc1ccc(-c2nnc(SCc3ccc(C(=O)NC4CC4)cc3)n2Cc2ccccc2)cc1. The van der Waals surface area contributed by atoms with E-state index in [1.165, 1.54) is 11.1 Å². The van der Waals surface area contributed by atoms with E-state index in [-0.39, 0.29) is 5.91 Å². The van der Waals surface area contributed by atoms with Crippen molar-refractivity contribution in [2.45, 2.75) is 43.3 Å². The maximum Gasteiger partial charge on any atom is 0.251 e. The molecule has 5 nitrogen and oxygen atoms in total. The van der Waals surface area contributed by atoms with Gasteiger partial charge in [0.1, 0.15) is 0 Å². The zero-order valence-corrected chi connectivity index (χ0v) is 19.4. The van der Waals surface area contributed by atoms with Crippen LogP contribution in [0.1, 0.15) is 39.9 Å². The average molecular weight is 455 g/mol. The second kappa shape index (κ2) is 9.63. The fourth-order valence-electron chi connectivity index (χ4n) is 3.62. The number of benzene rings is 3. The number of thioether (sulfide) groups is 1. The maximum atomic E-state index is 12.2. The van der Waals surface area contributed by atoms with Crippen LogP contribution in [0.25, 0.3) is 11.4 Å². The Hall–Kier alpha value is -3.38. The van der Waals surface area contributed by atoms with E-state index in [9.17, 15) is 4.79 Å². The molecule has 1 heterocycles. The van der Waals surface area contributed by atoms with Crippen molar-refractivity contribution in [3.63, 3.8) is 0 Å². The van der Waals surface area contributed by atoms with Gasteiger partial charge in [-0.05, 0) is 43.0 Å². The smallest absolute Gasteiger partial charge is 0.251 e. The van der Waals surface area contributed by atoms with Crippen LogP contribution in [-0.2, 0) is 12.3 Å². The van der Waals surface area contributed by atoms with E-state index in [1.807, 2.05) is 30.3 Å². The van der Waals surface area contributed by atoms with Crippen molar-refractivity contribution in [2.75, 3.05) is 0 Å². The van der Waals surface area contributed by atoms with Crippen LogP contribution < -0.4 is 5.32 Å². The molecule has 1 fully saturated rings. The molecule has 1 aliphatic rings. The Balaban J connectivity index is 1.34. The third-order valence-electron chi connectivity index (χ3n) is 5.71. The summed E-state index contributed by atoms with van der Waals surface area (Å²) >= 11 is 1.66. The van der Waals surface area contributed by atoms with Crippen LogP contribution in [0.5, 0.6) is 0 Å². The van der Waals surface area contributed by atoms with E-state index in [1.54, 1.807) is 11.8 Å². The normalized spacial score (nSPS) is 13.1. The second-order valence-electron chi connectivity index (χ2n) is 8.48. The molecular weight excluding hydrogens is 428 g/mol. The predicted octanol–water partition coefficient (Wildman–Crippen LogP) is 5.49. The number of hydrogen-bond acceptors (Lipinski definition) is 4. The Bertz CT molecular complexity index is 1230. The minimum absolute atomic E-state index is 0.0158. The molecule has 1 saturated carbocycles. The molecule has 0 saturated heterocycles. The molecule has 0 unspecified atom stereocenters. The third kappa shape index (κ3) is 5.34. The Morgan fingerprint density at radius 2 is 1.67 bits per heavy atom. The molecule has 0 radical (unpaired) electrons. The minimum Gasteiger partial charge on any atom is -0.349 e. The lowest BCUT2D eigenvalue weighted by molar-refractivity contribution is 0.0951. The number of aryl methyl sites for hydroxylation is 1. The van der Waals surface area contributed by atoms with Gasteiger partial charge in [0, 0.05) is 22.9 Å². The molecule has 3 aromatic carbocycles. The van der Waals surface area contributed by atoms with Crippen LogP contribution in [0.15, 0.2) is 84.0 Å². The molecule has 0 bridgehead atoms. The first kappa shape index (κ1) is 21.5. The standard InChI is InChI=1S/C27H26N4OS/c1-19-7-11-22(12-8-19)25-29-30-27(31(25)17-20-5-3-2-4-6-20)33-18-21-9-13-23(14-10-21)26(32)28-24-15-16-24/h2-14,24H,15-18H2,1H3,(H,28,32). The van der Waals surface area contributed by atoms with Crippen LogP contribution in [0.2, 0.25) is 0 Å². The van der Waals surface area contributed by atoms with Gasteiger partial charge in [0.25, 0.3) is 5.91 Å². The molecular formula is C27H26N4OS. The van der Waals surface area contributed by atoms with Gasteiger partial charge in [-0.2, -0.15) is 0 Å². The van der Waals surface area contributed by atoms with Crippen molar-refractivity contribution in [1.29, 1.82) is 0 Å². The van der Waals surface area contributed by atoms with E-state index in [2.05, 4.69) is 75.5 Å². The largest absolute Gasteiger partial charge is 0.349 e. The quantitative estimate of drug-likeness (QED) is 0.358. The maximum absolute atomic E-state index is 12.2. The predicted molar refractivity (Wildman–Crippen MR) is 132 cm³/mol.